The van der Waals surface area contributed by atoms with Crippen molar-refractivity contribution in [1.82, 2.24) is 19.9 Å². The largest absolute Gasteiger partial charge is 0.369 e. The fourth-order valence-electron chi connectivity index (χ4n) is 4.69. The molecule has 1 saturated heterocycles. The van der Waals surface area contributed by atoms with Crippen LogP contribution in [0.5, 0.6) is 0 Å². The normalized spacial score (nSPS) is 14.3. The van der Waals surface area contributed by atoms with Crippen LogP contribution in [0.25, 0.3) is 38.7 Å². The summed E-state index contributed by atoms with van der Waals surface area (Å²) in [6, 6.07) is 21.7. The van der Waals surface area contributed by atoms with E-state index in [4.69, 9.17) is 4.98 Å². The lowest BCUT2D eigenvalue weighted by atomic mass is 9.97. The van der Waals surface area contributed by atoms with Crippen LogP contribution in [0.3, 0.4) is 0 Å². The van der Waals surface area contributed by atoms with E-state index in [1.165, 1.54) is 27.6 Å². The van der Waals surface area contributed by atoms with Gasteiger partial charge in [0.25, 0.3) is 0 Å². The highest BCUT2D eigenvalue weighted by molar-refractivity contribution is 6.01. The lowest BCUT2D eigenvalue weighted by molar-refractivity contribution is 0.589. The number of aromatic nitrogens is 3. The van der Waals surface area contributed by atoms with Crippen molar-refractivity contribution >= 4 is 22.1 Å². The van der Waals surface area contributed by atoms with E-state index in [1.807, 2.05) is 16.9 Å². The van der Waals surface area contributed by atoms with Crippen LogP contribution in [-0.2, 0) is 0 Å². The predicted octanol–water partition coefficient (Wildman–Crippen LogP) is 4.93. The molecule has 158 valence electrons. The van der Waals surface area contributed by atoms with Gasteiger partial charge in [0.05, 0.1) is 6.20 Å². The first-order valence-corrected chi connectivity index (χ1v) is 11.2. The third-order valence-electron chi connectivity index (χ3n) is 6.47. The highest BCUT2D eigenvalue weighted by Crippen LogP contribution is 2.33. The van der Waals surface area contributed by atoms with Crippen molar-refractivity contribution < 1.29 is 0 Å². The van der Waals surface area contributed by atoms with Crippen LogP contribution in [0, 0.1) is 6.92 Å². The average Bonchev–Trinajstić information content (AvgIpc) is 3.28. The molecule has 0 aliphatic carbocycles. The van der Waals surface area contributed by atoms with Gasteiger partial charge in [-0.05, 0) is 46.5 Å². The van der Waals surface area contributed by atoms with Crippen molar-refractivity contribution in [3.63, 3.8) is 0 Å². The summed E-state index contributed by atoms with van der Waals surface area (Å²) < 4.78 is 1.89. The monoisotopic (exact) mass is 419 g/mol. The third kappa shape index (κ3) is 3.22. The van der Waals surface area contributed by atoms with Gasteiger partial charge in [-0.25, -0.2) is 9.50 Å². The van der Waals surface area contributed by atoms with Crippen molar-refractivity contribution in [3.8, 4) is 22.3 Å². The molecular formula is C27H25N5. The van der Waals surface area contributed by atoms with Gasteiger partial charge in [-0.15, -0.1) is 0 Å². The molecule has 1 aliphatic rings. The highest BCUT2D eigenvalue weighted by Gasteiger charge is 2.14. The zero-order valence-corrected chi connectivity index (χ0v) is 18.1. The van der Waals surface area contributed by atoms with Crippen LogP contribution in [0.2, 0.25) is 0 Å². The Bertz CT molecular complexity index is 1410. The Morgan fingerprint density at radius 1 is 0.781 bits per heavy atom. The minimum absolute atomic E-state index is 0.875. The molecule has 5 aromatic rings. The predicted molar refractivity (Wildman–Crippen MR) is 131 cm³/mol. The van der Waals surface area contributed by atoms with E-state index in [1.54, 1.807) is 0 Å². The molecule has 3 heterocycles. The molecule has 0 radical (unpaired) electrons. The second-order valence-electron chi connectivity index (χ2n) is 8.43. The highest BCUT2D eigenvalue weighted by atomic mass is 15.2. The Kier molecular flexibility index (Phi) is 4.62. The van der Waals surface area contributed by atoms with Crippen LogP contribution >= 0.6 is 0 Å². The molecule has 0 amide bonds. The second kappa shape index (κ2) is 7.77. The van der Waals surface area contributed by atoms with E-state index in [2.05, 4.69) is 89.1 Å². The first kappa shape index (κ1) is 19.0. The van der Waals surface area contributed by atoms with E-state index < -0.39 is 0 Å². The van der Waals surface area contributed by atoms with Gasteiger partial charge in [-0.2, -0.15) is 5.10 Å². The molecule has 1 N–H and O–H groups in total. The first-order valence-electron chi connectivity index (χ1n) is 11.2. The topological polar surface area (TPSA) is 45.5 Å². The number of piperazine rings is 1. The summed E-state index contributed by atoms with van der Waals surface area (Å²) in [6.45, 7) is 6.34. The van der Waals surface area contributed by atoms with Gasteiger partial charge in [-0.1, -0.05) is 48.5 Å². The number of aryl methyl sites for hydroxylation is 1. The molecule has 5 heteroatoms. The molecule has 0 atom stereocenters. The summed E-state index contributed by atoms with van der Waals surface area (Å²) in [6.07, 6.45) is 5.95. The minimum Gasteiger partial charge on any atom is -0.369 e. The van der Waals surface area contributed by atoms with E-state index in [0.717, 1.165) is 48.5 Å². The van der Waals surface area contributed by atoms with E-state index in [0.29, 0.717) is 0 Å². The maximum Gasteiger partial charge on any atom is 0.162 e. The standard InChI is InChI=1S/C27H25N5/c1-19-6-11-25(24-5-3-2-4-23(19)24)26-17-30-32-18-21(16-29-27(26)32)20-7-9-22(10-8-20)31-14-12-28-13-15-31/h2-11,16-18,28H,12-15H2,1H3. The smallest absolute Gasteiger partial charge is 0.162 e. The average molecular weight is 420 g/mol. The molecule has 1 aliphatic heterocycles. The summed E-state index contributed by atoms with van der Waals surface area (Å²) in [5, 5.41) is 10.5. The maximum atomic E-state index is 4.82. The van der Waals surface area contributed by atoms with Gasteiger partial charge in [0.2, 0.25) is 0 Å². The minimum atomic E-state index is 0.875. The zero-order chi connectivity index (χ0) is 21.5. The molecule has 0 spiro atoms. The summed E-state index contributed by atoms with van der Waals surface area (Å²) in [4.78, 5) is 7.24. The summed E-state index contributed by atoms with van der Waals surface area (Å²) in [5.41, 5.74) is 7.87. The summed E-state index contributed by atoms with van der Waals surface area (Å²) in [5.74, 6) is 0. The number of benzene rings is 3. The molecule has 1 fully saturated rings. The number of nitrogens with zero attached hydrogens (tertiary/aromatic N) is 4. The van der Waals surface area contributed by atoms with Crippen LogP contribution in [0.15, 0.2) is 79.3 Å². The Balaban J connectivity index is 1.36. The van der Waals surface area contributed by atoms with Crippen molar-refractivity contribution in [2.75, 3.05) is 31.1 Å². The van der Waals surface area contributed by atoms with Crippen LogP contribution < -0.4 is 10.2 Å². The SMILES string of the molecule is Cc1ccc(-c2cnn3cc(-c4ccc(N5CCNCC5)cc4)cnc23)c2ccccc12. The van der Waals surface area contributed by atoms with Crippen molar-refractivity contribution in [1.29, 1.82) is 0 Å². The number of fused-ring (bicyclic) bond motifs is 2. The quantitative estimate of drug-likeness (QED) is 0.450. The number of hydrogen-bond donors (Lipinski definition) is 1. The summed E-state index contributed by atoms with van der Waals surface area (Å²) >= 11 is 0. The lowest BCUT2D eigenvalue weighted by Crippen LogP contribution is -2.43. The van der Waals surface area contributed by atoms with Crippen molar-refractivity contribution in [2.45, 2.75) is 6.92 Å². The van der Waals surface area contributed by atoms with E-state index in [-0.39, 0.29) is 0 Å². The van der Waals surface area contributed by atoms with Crippen LogP contribution in [-0.4, -0.2) is 40.8 Å². The molecule has 3 aromatic carbocycles. The number of hydrogen-bond acceptors (Lipinski definition) is 4. The molecule has 32 heavy (non-hydrogen) atoms. The van der Waals surface area contributed by atoms with Gasteiger partial charge in [0.15, 0.2) is 5.65 Å². The molecule has 6 rings (SSSR count). The van der Waals surface area contributed by atoms with Gasteiger partial charge >= 0.3 is 0 Å². The Labute approximate surface area is 187 Å². The Morgan fingerprint density at radius 2 is 1.56 bits per heavy atom. The number of rotatable bonds is 3. The molecular weight excluding hydrogens is 394 g/mol. The summed E-state index contributed by atoms with van der Waals surface area (Å²) in [7, 11) is 0. The fraction of sp³-hybridized carbons (Fsp3) is 0.185. The van der Waals surface area contributed by atoms with Gasteiger partial charge in [-0.3, -0.25) is 0 Å². The lowest BCUT2D eigenvalue weighted by Gasteiger charge is -2.29. The van der Waals surface area contributed by atoms with E-state index >= 15 is 0 Å². The molecule has 0 unspecified atom stereocenters. The van der Waals surface area contributed by atoms with E-state index in [9.17, 15) is 0 Å². The molecule has 5 nitrogen and oxygen atoms in total. The fourth-order valence-corrected chi connectivity index (χ4v) is 4.69. The number of anilines is 1. The van der Waals surface area contributed by atoms with Crippen molar-refractivity contribution in [2.24, 2.45) is 0 Å². The first-order chi connectivity index (χ1) is 15.8. The van der Waals surface area contributed by atoms with Crippen LogP contribution in [0.1, 0.15) is 5.56 Å². The Morgan fingerprint density at radius 3 is 2.38 bits per heavy atom. The molecule has 2 aromatic heterocycles. The molecule has 0 bridgehead atoms. The van der Waals surface area contributed by atoms with Crippen LogP contribution in [0.4, 0.5) is 5.69 Å². The van der Waals surface area contributed by atoms with Gasteiger partial charge in [0.1, 0.15) is 0 Å². The van der Waals surface area contributed by atoms with Gasteiger partial charge < -0.3 is 10.2 Å². The second-order valence-corrected chi connectivity index (χ2v) is 8.43. The van der Waals surface area contributed by atoms with Gasteiger partial charge in [0, 0.05) is 55.4 Å². The van der Waals surface area contributed by atoms with Crippen molar-refractivity contribution in [3.05, 3.63) is 84.8 Å². The zero-order valence-electron chi connectivity index (χ0n) is 18.1. The maximum absolute atomic E-state index is 4.82. The third-order valence-corrected chi connectivity index (χ3v) is 6.47. The molecule has 0 saturated carbocycles. The number of nitrogens with one attached hydrogen (secondary N) is 1. The Hall–Kier alpha value is -3.70.